The molecule has 174 valence electrons. The van der Waals surface area contributed by atoms with Crippen molar-refractivity contribution in [3.63, 3.8) is 0 Å². The third-order valence-corrected chi connectivity index (χ3v) is 11.3. The molecule has 0 unspecified atom stereocenters. The van der Waals surface area contributed by atoms with Crippen LogP contribution in [0.25, 0.3) is 0 Å². The molecule has 0 bridgehead atoms. The summed E-state index contributed by atoms with van der Waals surface area (Å²) in [4.78, 5) is 0. The van der Waals surface area contributed by atoms with E-state index in [0.717, 1.165) is 48.3 Å². The predicted octanol–water partition coefficient (Wildman–Crippen LogP) is 6.69. The maximum absolute atomic E-state index is 10.4. The van der Waals surface area contributed by atoms with Gasteiger partial charge in [-0.25, -0.2) is 0 Å². The van der Waals surface area contributed by atoms with Crippen molar-refractivity contribution in [1.82, 2.24) is 0 Å². The monoisotopic (exact) mass is 418 g/mol. The van der Waals surface area contributed by atoms with Gasteiger partial charge in [0.15, 0.2) is 0 Å². The van der Waals surface area contributed by atoms with E-state index >= 15 is 0 Å². The van der Waals surface area contributed by atoms with Crippen molar-refractivity contribution >= 4 is 0 Å². The number of rotatable bonds is 6. The van der Waals surface area contributed by atoms with Crippen LogP contribution < -0.4 is 0 Å². The number of aliphatic hydroxyl groups is 2. The van der Waals surface area contributed by atoms with Gasteiger partial charge in [0.2, 0.25) is 0 Å². The molecule has 0 amide bonds. The van der Waals surface area contributed by atoms with Gasteiger partial charge in [-0.05, 0) is 110 Å². The standard InChI is InChI=1S/C28H50O2/c1-18(2)7-6-8-19(3)23-9-10-24-22-15-20(17-29)26-16-21(30)11-13-28(26,5)25(22)12-14-27(23,24)4/h18-26,29-30H,6-17H2,1-5H3/t19-,20+,21+,22-,23-,24+,25-,26+,27+,28+/m0/s1. The molecule has 4 saturated carbocycles. The van der Waals surface area contributed by atoms with Crippen LogP contribution in [0.3, 0.4) is 0 Å². The molecule has 4 aliphatic carbocycles. The van der Waals surface area contributed by atoms with Gasteiger partial charge in [0.25, 0.3) is 0 Å². The molecule has 2 N–H and O–H groups in total. The summed E-state index contributed by atoms with van der Waals surface area (Å²) >= 11 is 0. The van der Waals surface area contributed by atoms with E-state index in [-0.39, 0.29) is 6.10 Å². The average Bonchev–Trinajstić information content (AvgIpc) is 3.05. The van der Waals surface area contributed by atoms with Crippen LogP contribution in [-0.2, 0) is 0 Å². The largest absolute Gasteiger partial charge is 0.396 e. The first-order valence-corrected chi connectivity index (χ1v) is 13.5. The Morgan fingerprint density at radius 3 is 2.23 bits per heavy atom. The highest BCUT2D eigenvalue weighted by atomic mass is 16.3. The van der Waals surface area contributed by atoms with Crippen molar-refractivity contribution in [2.24, 2.45) is 58.2 Å². The summed E-state index contributed by atoms with van der Waals surface area (Å²) in [6.07, 6.45) is 14.1. The lowest BCUT2D eigenvalue weighted by Crippen LogP contribution is -2.57. The molecule has 4 aliphatic rings. The third kappa shape index (κ3) is 3.81. The van der Waals surface area contributed by atoms with E-state index in [1.54, 1.807) is 0 Å². The minimum Gasteiger partial charge on any atom is -0.396 e. The fourth-order valence-corrected chi connectivity index (χ4v) is 9.71. The molecular weight excluding hydrogens is 368 g/mol. The number of fused-ring (bicyclic) bond motifs is 5. The summed E-state index contributed by atoms with van der Waals surface area (Å²) < 4.78 is 0. The zero-order chi connectivity index (χ0) is 21.7. The SMILES string of the molecule is CC(C)CCC[C@H](C)[C@@H]1CC[C@@H]2[C@@H]3C[C@H](CO)[C@H]4C[C@H](O)CC[C@]4(C)[C@H]3CC[C@@]21C. The van der Waals surface area contributed by atoms with E-state index in [0.29, 0.717) is 29.3 Å². The highest BCUT2D eigenvalue weighted by molar-refractivity contribution is 5.11. The second kappa shape index (κ2) is 8.69. The molecule has 0 heterocycles. The highest BCUT2D eigenvalue weighted by Crippen LogP contribution is 2.69. The quantitative estimate of drug-likeness (QED) is 0.504. The lowest BCUT2D eigenvalue weighted by molar-refractivity contribution is -0.158. The first kappa shape index (κ1) is 23.1. The van der Waals surface area contributed by atoms with E-state index in [4.69, 9.17) is 0 Å². The smallest absolute Gasteiger partial charge is 0.0543 e. The Balaban J connectivity index is 1.52. The molecular formula is C28H50O2. The van der Waals surface area contributed by atoms with Gasteiger partial charge in [0.1, 0.15) is 0 Å². The first-order valence-electron chi connectivity index (χ1n) is 13.5. The van der Waals surface area contributed by atoms with Crippen molar-refractivity contribution in [2.75, 3.05) is 6.61 Å². The summed E-state index contributed by atoms with van der Waals surface area (Å²) in [6, 6.07) is 0. The van der Waals surface area contributed by atoms with Gasteiger partial charge in [-0.15, -0.1) is 0 Å². The van der Waals surface area contributed by atoms with E-state index in [1.807, 2.05) is 0 Å². The number of hydrogen-bond acceptors (Lipinski definition) is 2. The Morgan fingerprint density at radius 2 is 1.53 bits per heavy atom. The molecule has 0 saturated heterocycles. The van der Waals surface area contributed by atoms with E-state index < -0.39 is 0 Å². The maximum atomic E-state index is 10.4. The summed E-state index contributed by atoms with van der Waals surface area (Å²) in [6.45, 7) is 12.8. The minimum absolute atomic E-state index is 0.134. The predicted molar refractivity (Wildman–Crippen MR) is 125 cm³/mol. The van der Waals surface area contributed by atoms with Crippen LogP contribution in [0.15, 0.2) is 0 Å². The van der Waals surface area contributed by atoms with Crippen LogP contribution in [0.4, 0.5) is 0 Å². The molecule has 0 radical (unpaired) electrons. The Hall–Kier alpha value is -0.0800. The molecule has 0 aromatic rings. The van der Waals surface area contributed by atoms with E-state index in [1.165, 1.54) is 57.8 Å². The van der Waals surface area contributed by atoms with Crippen molar-refractivity contribution in [1.29, 1.82) is 0 Å². The van der Waals surface area contributed by atoms with E-state index in [9.17, 15) is 10.2 Å². The minimum atomic E-state index is -0.134. The zero-order valence-corrected chi connectivity index (χ0v) is 20.6. The lowest BCUT2D eigenvalue weighted by Gasteiger charge is -2.63. The van der Waals surface area contributed by atoms with Crippen LogP contribution in [0.1, 0.15) is 105 Å². The zero-order valence-electron chi connectivity index (χ0n) is 20.6. The summed E-state index contributed by atoms with van der Waals surface area (Å²) in [5.41, 5.74) is 0.869. The molecule has 0 aromatic heterocycles. The molecule has 2 nitrogen and oxygen atoms in total. The van der Waals surface area contributed by atoms with Gasteiger partial charge in [-0.3, -0.25) is 0 Å². The Kier molecular flexibility index (Phi) is 6.69. The highest BCUT2D eigenvalue weighted by Gasteiger charge is 2.62. The van der Waals surface area contributed by atoms with Crippen molar-refractivity contribution in [3.8, 4) is 0 Å². The van der Waals surface area contributed by atoms with Gasteiger partial charge < -0.3 is 10.2 Å². The molecule has 0 aliphatic heterocycles. The second-order valence-corrected chi connectivity index (χ2v) is 13.1. The van der Waals surface area contributed by atoms with Gasteiger partial charge in [0.05, 0.1) is 6.10 Å². The molecule has 0 aromatic carbocycles. The van der Waals surface area contributed by atoms with Gasteiger partial charge in [-0.2, -0.15) is 0 Å². The second-order valence-electron chi connectivity index (χ2n) is 13.1. The molecule has 30 heavy (non-hydrogen) atoms. The van der Waals surface area contributed by atoms with Crippen LogP contribution >= 0.6 is 0 Å². The van der Waals surface area contributed by atoms with Crippen LogP contribution in [0, 0.1) is 58.2 Å². The fourth-order valence-electron chi connectivity index (χ4n) is 9.71. The van der Waals surface area contributed by atoms with Gasteiger partial charge in [0, 0.05) is 6.61 Å². The molecule has 2 heteroatoms. The topological polar surface area (TPSA) is 40.5 Å². The summed E-state index contributed by atoms with van der Waals surface area (Å²) in [7, 11) is 0. The third-order valence-electron chi connectivity index (χ3n) is 11.3. The maximum Gasteiger partial charge on any atom is 0.0543 e. The molecule has 4 fully saturated rings. The fraction of sp³-hybridized carbons (Fsp3) is 1.00. The number of aliphatic hydroxyl groups excluding tert-OH is 2. The normalized spacial score (nSPS) is 49.4. The van der Waals surface area contributed by atoms with Crippen LogP contribution in [-0.4, -0.2) is 22.9 Å². The molecule has 4 rings (SSSR count). The first-order chi connectivity index (χ1) is 14.2. The van der Waals surface area contributed by atoms with Gasteiger partial charge in [-0.1, -0.05) is 53.9 Å². The van der Waals surface area contributed by atoms with E-state index in [2.05, 4.69) is 34.6 Å². The van der Waals surface area contributed by atoms with Crippen molar-refractivity contribution < 1.29 is 10.2 Å². The Labute approximate surface area is 186 Å². The number of hydrogen-bond donors (Lipinski definition) is 2. The summed E-state index contributed by atoms with van der Waals surface area (Å²) in [5.74, 6) is 6.05. The summed E-state index contributed by atoms with van der Waals surface area (Å²) in [5, 5.41) is 20.7. The van der Waals surface area contributed by atoms with Crippen LogP contribution in [0.2, 0.25) is 0 Å². The van der Waals surface area contributed by atoms with Crippen molar-refractivity contribution in [3.05, 3.63) is 0 Å². The molecule has 0 spiro atoms. The van der Waals surface area contributed by atoms with Crippen molar-refractivity contribution in [2.45, 2.75) is 111 Å². The Bertz CT molecular complexity index is 587. The molecule has 10 atom stereocenters. The average molecular weight is 419 g/mol. The van der Waals surface area contributed by atoms with Gasteiger partial charge >= 0.3 is 0 Å². The Morgan fingerprint density at radius 1 is 0.833 bits per heavy atom. The van der Waals surface area contributed by atoms with Crippen LogP contribution in [0.5, 0.6) is 0 Å². The lowest BCUT2D eigenvalue weighted by atomic mass is 9.42.